The summed E-state index contributed by atoms with van der Waals surface area (Å²) < 4.78 is 4.81. The monoisotopic (exact) mass is 151 g/mol. The van der Waals surface area contributed by atoms with Gasteiger partial charge in [0.1, 0.15) is 0 Å². The topological polar surface area (TPSA) is 68.3 Å². The predicted octanol–water partition coefficient (Wildman–Crippen LogP) is 0.914. The Hall–Kier alpha value is -1.48. The summed E-state index contributed by atoms with van der Waals surface area (Å²) in [6, 6.07) is 0. The Morgan fingerprint density at radius 2 is 2.45 bits per heavy atom. The highest BCUT2D eigenvalue weighted by Crippen LogP contribution is 2.39. The van der Waals surface area contributed by atoms with Gasteiger partial charge >= 0.3 is 0 Å². The fourth-order valence-corrected chi connectivity index (χ4v) is 0.809. The van der Waals surface area contributed by atoms with Crippen LogP contribution in [0, 0.1) is 0 Å². The highest BCUT2D eigenvalue weighted by molar-refractivity contribution is 5.40. The van der Waals surface area contributed by atoms with Gasteiger partial charge in [-0.2, -0.15) is 4.98 Å². The number of aliphatic imine (C=N–C) groups is 1. The van der Waals surface area contributed by atoms with E-state index in [2.05, 4.69) is 15.1 Å². The van der Waals surface area contributed by atoms with Crippen molar-refractivity contribution in [1.29, 1.82) is 0 Å². The van der Waals surface area contributed by atoms with E-state index in [1.807, 2.05) is 0 Å². The van der Waals surface area contributed by atoms with Crippen LogP contribution in [0.15, 0.2) is 9.52 Å². The number of aromatic nitrogens is 2. The van der Waals surface area contributed by atoms with Gasteiger partial charge in [0.15, 0.2) is 0 Å². The van der Waals surface area contributed by atoms with Crippen molar-refractivity contribution in [3.05, 3.63) is 5.89 Å². The molecule has 1 aliphatic rings. The van der Waals surface area contributed by atoms with Crippen LogP contribution in [0.25, 0.3) is 0 Å². The molecule has 11 heavy (non-hydrogen) atoms. The first-order valence-electron chi connectivity index (χ1n) is 3.31. The lowest BCUT2D eigenvalue weighted by atomic mass is 10.4. The smallest absolute Gasteiger partial charge is 0.300 e. The molecule has 0 saturated heterocycles. The van der Waals surface area contributed by atoms with Gasteiger partial charge in [-0.1, -0.05) is 0 Å². The number of nitrogens with zero attached hydrogens (tertiary/aromatic N) is 3. The van der Waals surface area contributed by atoms with Crippen molar-refractivity contribution in [2.24, 2.45) is 4.99 Å². The predicted molar refractivity (Wildman–Crippen MR) is 34.1 cm³/mol. The first-order valence-corrected chi connectivity index (χ1v) is 3.31. The third kappa shape index (κ3) is 1.18. The highest BCUT2D eigenvalue weighted by atomic mass is 16.5. The Balaban J connectivity index is 2.24. The highest BCUT2D eigenvalue weighted by Gasteiger charge is 2.29. The van der Waals surface area contributed by atoms with Crippen molar-refractivity contribution >= 4 is 12.0 Å². The molecule has 0 aliphatic heterocycles. The standard InChI is InChI=1S/C6H5N3O2/c10-3-7-6-8-5(11-9-6)4-1-2-4/h4H,1-2H2. The van der Waals surface area contributed by atoms with E-state index < -0.39 is 0 Å². The maximum absolute atomic E-state index is 9.76. The van der Waals surface area contributed by atoms with Gasteiger partial charge < -0.3 is 4.52 Å². The summed E-state index contributed by atoms with van der Waals surface area (Å²) in [6.07, 6.45) is 3.53. The summed E-state index contributed by atoms with van der Waals surface area (Å²) in [5.41, 5.74) is 0. The molecule has 2 rings (SSSR count). The summed E-state index contributed by atoms with van der Waals surface area (Å²) in [4.78, 5) is 16.8. The molecule has 0 aromatic carbocycles. The van der Waals surface area contributed by atoms with Gasteiger partial charge in [-0.25, -0.2) is 4.79 Å². The summed E-state index contributed by atoms with van der Waals surface area (Å²) in [6.45, 7) is 0. The van der Waals surface area contributed by atoms with Crippen LogP contribution in [0.1, 0.15) is 24.7 Å². The molecule has 1 aromatic rings. The van der Waals surface area contributed by atoms with Crippen molar-refractivity contribution in [2.75, 3.05) is 0 Å². The second-order valence-corrected chi connectivity index (χ2v) is 2.41. The first-order chi connectivity index (χ1) is 5.40. The molecule has 0 unspecified atom stereocenters. The SMILES string of the molecule is O=C=Nc1noc(C2CC2)n1. The molecule has 1 aromatic heterocycles. The number of hydrogen-bond acceptors (Lipinski definition) is 5. The van der Waals surface area contributed by atoms with Gasteiger partial charge in [-0.3, -0.25) is 0 Å². The van der Waals surface area contributed by atoms with Gasteiger partial charge in [0, 0.05) is 5.92 Å². The molecule has 1 saturated carbocycles. The van der Waals surface area contributed by atoms with E-state index in [0.29, 0.717) is 11.8 Å². The zero-order chi connectivity index (χ0) is 7.68. The van der Waals surface area contributed by atoms with Crippen LogP contribution in [0.4, 0.5) is 5.95 Å². The van der Waals surface area contributed by atoms with Gasteiger partial charge in [-0.15, -0.1) is 4.99 Å². The van der Waals surface area contributed by atoms with E-state index in [9.17, 15) is 4.79 Å². The molecule has 5 nitrogen and oxygen atoms in total. The van der Waals surface area contributed by atoms with Gasteiger partial charge in [0.2, 0.25) is 12.0 Å². The molecule has 5 heteroatoms. The molecule has 56 valence electrons. The van der Waals surface area contributed by atoms with E-state index in [-0.39, 0.29) is 5.95 Å². The zero-order valence-electron chi connectivity index (χ0n) is 5.65. The molecule has 0 radical (unpaired) electrons. The fourth-order valence-electron chi connectivity index (χ4n) is 0.809. The van der Waals surface area contributed by atoms with E-state index in [1.54, 1.807) is 0 Å². The first kappa shape index (κ1) is 6.24. The molecule has 0 amide bonds. The minimum Gasteiger partial charge on any atom is -0.337 e. The second kappa shape index (κ2) is 2.29. The maximum Gasteiger partial charge on any atom is 0.300 e. The Labute approximate surface area is 62.1 Å². The molecule has 1 heterocycles. The average molecular weight is 151 g/mol. The Kier molecular flexibility index (Phi) is 1.30. The van der Waals surface area contributed by atoms with Gasteiger partial charge in [-0.05, 0) is 18.0 Å². The molecule has 0 spiro atoms. The molecule has 0 bridgehead atoms. The lowest BCUT2D eigenvalue weighted by molar-refractivity contribution is 0.380. The van der Waals surface area contributed by atoms with Crippen molar-refractivity contribution in [3.63, 3.8) is 0 Å². The van der Waals surface area contributed by atoms with Crippen molar-refractivity contribution in [1.82, 2.24) is 10.1 Å². The van der Waals surface area contributed by atoms with Crippen LogP contribution in [-0.4, -0.2) is 16.2 Å². The van der Waals surface area contributed by atoms with Crippen molar-refractivity contribution in [2.45, 2.75) is 18.8 Å². The number of rotatable bonds is 2. The van der Waals surface area contributed by atoms with E-state index in [1.165, 1.54) is 6.08 Å². The van der Waals surface area contributed by atoms with Crippen LogP contribution in [0.3, 0.4) is 0 Å². The average Bonchev–Trinajstić information content (AvgIpc) is 2.75. The lowest BCUT2D eigenvalue weighted by Gasteiger charge is -1.77. The Bertz CT molecular complexity index is 309. The minimum absolute atomic E-state index is 0.0712. The van der Waals surface area contributed by atoms with Gasteiger partial charge in [0.25, 0.3) is 5.95 Å². The molecule has 1 fully saturated rings. The third-order valence-electron chi connectivity index (χ3n) is 1.50. The minimum atomic E-state index is 0.0712. The van der Waals surface area contributed by atoms with Crippen LogP contribution < -0.4 is 0 Å². The molecule has 0 atom stereocenters. The summed E-state index contributed by atoms with van der Waals surface area (Å²) >= 11 is 0. The Morgan fingerprint density at radius 1 is 1.64 bits per heavy atom. The van der Waals surface area contributed by atoms with Crippen molar-refractivity contribution < 1.29 is 9.32 Å². The number of isocyanates is 1. The van der Waals surface area contributed by atoms with Gasteiger partial charge in [0.05, 0.1) is 0 Å². The number of hydrogen-bond donors (Lipinski definition) is 0. The molecular formula is C6H5N3O2. The normalized spacial score (nSPS) is 16.0. The third-order valence-corrected chi connectivity index (χ3v) is 1.50. The van der Waals surface area contributed by atoms with Crippen LogP contribution in [0.2, 0.25) is 0 Å². The van der Waals surface area contributed by atoms with E-state index >= 15 is 0 Å². The van der Waals surface area contributed by atoms with Crippen LogP contribution in [-0.2, 0) is 4.79 Å². The second-order valence-electron chi connectivity index (χ2n) is 2.41. The summed E-state index contributed by atoms with van der Waals surface area (Å²) in [7, 11) is 0. The van der Waals surface area contributed by atoms with Crippen molar-refractivity contribution in [3.8, 4) is 0 Å². The largest absolute Gasteiger partial charge is 0.337 e. The zero-order valence-corrected chi connectivity index (χ0v) is 5.65. The summed E-state index contributed by atoms with van der Waals surface area (Å²) in [5, 5.41) is 3.45. The fraction of sp³-hybridized carbons (Fsp3) is 0.500. The molecule has 1 aliphatic carbocycles. The maximum atomic E-state index is 9.76. The van der Waals surface area contributed by atoms with E-state index in [4.69, 9.17) is 4.52 Å². The van der Waals surface area contributed by atoms with E-state index in [0.717, 1.165) is 12.8 Å². The quantitative estimate of drug-likeness (QED) is 0.465. The number of carbonyl (C=O) groups excluding carboxylic acids is 1. The molecule has 0 N–H and O–H groups in total. The molecular weight excluding hydrogens is 146 g/mol. The lowest BCUT2D eigenvalue weighted by Crippen LogP contribution is -1.74. The van der Waals surface area contributed by atoms with Crippen LogP contribution in [0.5, 0.6) is 0 Å². The Morgan fingerprint density at radius 3 is 3.09 bits per heavy atom. The van der Waals surface area contributed by atoms with Crippen LogP contribution >= 0.6 is 0 Å². The summed E-state index contributed by atoms with van der Waals surface area (Å²) in [5.74, 6) is 1.05.